The molecule has 4 heterocycles. The van der Waals surface area contributed by atoms with Gasteiger partial charge in [-0.25, -0.2) is 28.3 Å². The Hall–Kier alpha value is -2.84. The third-order valence-corrected chi connectivity index (χ3v) is 11.4. The van der Waals surface area contributed by atoms with E-state index in [4.69, 9.17) is 9.47 Å². The Bertz CT molecular complexity index is 1560. The van der Waals surface area contributed by atoms with Gasteiger partial charge in [0.15, 0.2) is 10.3 Å². The van der Waals surface area contributed by atoms with E-state index in [1.165, 1.54) is 34.8 Å². The van der Waals surface area contributed by atoms with Crippen molar-refractivity contribution < 1.29 is 27.8 Å². The lowest BCUT2D eigenvalue weighted by Crippen LogP contribution is -2.42. The number of nitrogens with one attached hydrogen (secondary N) is 4. The number of anilines is 2. The molecule has 18 heteroatoms. The van der Waals surface area contributed by atoms with E-state index in [1.807, 2.05) is 0 Å². The third-order valence-electron chi connectivity index (χ3n) is 7.18. The number of hydrogen-bond acceptors (Lipinski definition) is 12. The van der Waals surface area contributed by atoms with Gasteiger partial charge in [0.2, 0.25) is 0 Å². The number of ether oxygens (including phenoxy) is 2. The van der Waals surface area contributed by atoms with E-state index < -0.39 is 11.6 Å². The van der Waals surface area contributed by atoms with Crippen LogP contribution in [0, 0.1) is 11.6 Å². The fraction of sp³-hybridized carbons (Fsp3) is 0.429. The van der Waals surface area contributed by atoms with Gasteiger partial charge in [-0.1, -0.05) is 22.7 Å². The molecule has 0 saturated carbocycles. The number of amides is 4. The Kier molecular flexibility index (Phi) is 11.4. The van der Waals surface area contributed by atoms with Gasteiger partial charge in [0, 0.05) is 64.5 Å². The molecule has 46 heavy (non-hydrogen) atoms. The molecule has 0 bridgehead atoms. The lowest BCUT2D eigenvalue weighted by atomic mass is 10.3. The highest BCUT2D eigenvalue weighted by Gasteiger charge is 2.17. The van der Waals surface area contributed by atoms with E-state index in [-0.39, 0.29) is 12.1 Å². The molecular formula is C28H32F2N8O4S4. The van der Waals surface area contributed by atoms with Crippen molar-refractivity contribution in [3.63, 3.8) is 0 Å². The van der Waals surface area contributed by atoms with Crippen LogP contribution in [0.4, 0.5) is 28.6 Å². The van der Waals surface area contributed by atoms with Gasteiger partial charge in [0.1, 0.15) is 11.6 Å². The summed E-state index contributed by atoms with van der Waals surface area (Å²) in [5.41, 5.74) is 0.839. The Morgan fingerprint density at radius 1 is 0.717 bits per heavy atom. The highest BCUT2D eigenvalue weighted by Crippen LogP contribution is 2.43. The SMILES string of the molecule is O=C(NCCN1CCOCC1)Nc1nc2cc(F)c(SSc3cc4sc(NC(=O)NCCN5CCOCC5)nc4cc3F)cc2s1. The van der Waals surface area contributed by atoms with Crippen LogP contribution in [0.2, 0.25) is 0 Å². The fourth-order valence-corrected chi connectivity index (χ4v) is 8.78. The quantitative estimate of drug-likeness (QED) is 0.160. The normalized spacial score (nSPS) is 16.1. The molecule has 2 aromatic heterocycles. The average molecular weight is 711 g/mol. The Morgan fingerprint density at radius 2 is 1.13 bits per heavy atom. The first-order valence-electron chi connectivity index (χ1n) is 14.6. The summed E-state index contributed by atoms with van der Waals surface area (Å²) in [7, 11) is 2.17. The van der Waals surface area contributed by atoms with E-state index in [0.29, 0.717) is 80.0 Å². The number of rotatable bonds is 11. The highest BCUT2D eigenvalue weighted by molar-refractivity contribution is 8.76. The number of nitrogens with zero attached hydrogens (tertiary/aromatic N) is 4. The van der Waals surface area contributed by atoms with Crippen molar-refractivity contribution >= 4 is 87.0 Å². The van der Waals surface area contributed by atoms with Gasteiger partial charge in [-0.05, 0) is 33.7 Å². The number of carbonyl (C=O) groups is 2. The summed E-state index contributed by atoms with van der Waals surface area (Å²) in [5, 5.41) is 11.8. The minimum atomic E-state index is -0.498. The number of aromatic nitrogens is 2. The lowest BCUT2D eigenvalue weighted by Gasteiger charge is -2.26. The van der Waals surface area contributed by atoms with Crippen molar-refractivity contribution in [2.24, 2.45) is 0 Å². The molecule has 0 aliphatic carbocycles. The topological polar surface area (TPSA) is 133 Å². The van der Waals surface area contributed by atoms with Gasteiger partial charge in [-0.3, -0.25) is 20.4 Å². The zero-order valence-corrected chi connectivity index (χ0v) is 27.9. The van der Waals surface area contributed by atoms with Crippen molar-refractivity contribution in [3.8, 4) is 0 Å². The maximum absolute atomic E-state index is 15.0. The zero-order chi connectivity index (χ0) is 31.9. The van der Waals surface area contributed by atoms with Crippen molar-refractivity contribution in [2.75, 3.05) is 89.4 Å². The summed E-state index contributed by atoms with van der Waals surface area (Å²) in [6.07, 6.45) is 0. The van der Waals surface area contributed by atoms with Gasteiger partial charge < -0.3 is 20.1 Å². The number of benzene rings is 2. The van der Waals surface area contributed by atoms with E-state index in [9.17, 15) is 18.4 Å². The first kappa shape index (κ1) is 33.1. The van der Waals surface area contributed by atoms with Crippen LogP contribution < -0.4 is 21.3 Å². The minimum absolute atomic E-state index is 0.308. The smallest absolute Gasteiger partial charge is 0.321 e. The summed E-state index contributed by atoms with van der Waals surface area (Å²) in [5.74, 6) is -0.996. The van der Waals surface area contributed by atoms with E-state index in [0.717, 1.165) is 60.9 Å². The van der Waals surface area contributed by atoms with E-state index in [1.54, 1.807) is 12.1 Å². The van der Waals surface area contributed by atoms with Gasteiger partial charge in [0.25, 0.3) is 0 Å². The largest absolute Gasteiger partial charge is 0.379 e. The van der Waals surface area contributed by atoms with Gasteiger partial charge >= 0.3 is 12.1 Å². The molecule has 12 nitrogen and oxygen atoms in total. The summed E-state index contributed by atoms with van der Waals surface area (Å²) >= 11 is 2.46. The van der Waals surface area contributed by atoms with Crippen LogP contribution in [0.1, 0.15) is 0 Å². The molecule has 4 N–H and O–H groups in total. The standard InChI is InChI=1S/C28H32F2N8O4S4/c29-17-13-19-23(43-27(33-19)35-25(39)31-1-3-37-5-9-41-10-6-37)15-21(17)45-46-22-16-24-20(14-18(22)30)34-28(44-24)36-26(40)32-2-4-38-7-11-42-12-8-38/h13-16H,1-12H2,(H2,31,33,35,39)(H2,32,34,36,40). The second-order valence-electron chi connectivity index (χ2n) is 10.4. The predicted molar refractivity (Wildman–Crippen MR) is 179 cm³/mol. The number of carbonyl (C=O) groups excluding carboxylic acids is 2. The third kappa shape index (κ3) is 8.94. The Morgan fingerprint density at radius 3 is 1.54 bits per heavy atom. The average Bonchev–Trinajstić information content (AvgIpc) is 3.62. The molecule has 2 aliphatic heterocycles. The molecule has 2 aliphatic rings. The van der Waals surface area contributed by atoms with Crippen molar-refractivity contribution in [1.82, 2.24) is 30.4 Å². The van der Waals surface area contributed by atoms with Crippen molar-refractivity contribution in [2.45, 2.75) is 9.79 Å². The molecule has 6 rings (SSSR count). The molecular weight excluding hydrogens is 679 g/mol. The molecule has 246 valence electrons. The molecule has 0 atom stereocenters. The number of halogens is 2. The second kappa shape index (κ2) is 15.8. The van der Waals surface area contributed by atoms with Crippen molar-refractivity contribution in [3.05, 3.63) is 35.9 Å². The molecule has 4 aromatic rings. The van der Waals surface area contributed by atoms with E-state index >= 15 is 0 Å². The number of fused-ring (bicyclic) bond motifs is 2. The Balaban J connectivity index is 1.01. The highest BCUT2D eigenvalue weighted by atomic mass is 33.1. The zero-order valence-electron chi connectivity index (χ0n) is 24.6. The number of thiazole rings is 2. The molecule has 0 unspecified atom stereocenters. The van der Waals surface area contributed by atoms with Gasteiger partial charge in [-0.2, -0.15) is 0 Å². The van der Waals surface area contributed by atoms with Gasteiger partial charge in [0.05, 0.1) is 56.7 Å². The van der Waals surface area contributed by atoms with Crippen LogP contribution >= 0.6 is 44.3 Å². The molecule has 2 fully saturated rings. The lowest BCUT2D eigenvalue weighted by molar-refractivity contribution is 0.0387. The first-order valence-corrected chi connectivity index (χ1v) is 18.4. The van der Waals surface area contributed by atoms with Crippen molar-refractivity contribution in [1.29, 1.82) is 0 Å². The first-order chi connectivity index (χ1) is 22.4. The molecule has 0 radical (unpaired) electrons. The van der Waals surface area contributed by atoms with Crippen LogP contribution in [0.15, 0.2) is 34.1 Å². The predicted octanol–water partition coefficient (Wildman–Crippen LogP) is 4.89. The van der Waals surface area contributed by atoms with Crippen LogP contribution in [-0.2, 0) is 9.47 Å². The maximum Gasteiger partial charge on any atom is 0.321 e. The monoisotopic (exact) mass is 710 g/mol. The summed E-state index contributed by atoms with van der Waals surface area (Å²) < 4.78 is 42.0. The van der Waals surface area contributed by atoms with E-state index in [2.05, 4.69) is 41.0 Å². The maximum atomic E-state index is 15.0. The summed E-state index contributed by atoms with van der Waals surface area (Å²) in [4.78, 5) is 38.4. The molecule has 2 aromatic carbocycles. The number of urea groups is 2. The van der Waals surface area contributed by atoms with Gasteiger partial charge in [-0.15, -0.1) is 0 Å². The molecule has 2 saturated heterocycles. The Labute approximate surface area is 279 Å². The molecule has 0 spiro atoms. The van der Waals surface area contributed by atoms with Crippen LogP contribution in [0.5, 0.6) is 0 Å². The second-order valence-corrected chi connectivity index (χ2v) is 14.6. The molecule has 4 amide bonds. The number of morpholine rings is 2. The summed E-state index contributed by atoms with van der Waals surface area (Å²) in [6.45, 7) is 8.55. The summed E-state index contributed by atoms with van der Waals surface area (Å²) in [6, 6.07) is 5.14. The van der Waals surface area contributed by atoms with Crippen LogP contribution in [0.3, 0.4) is 0 Å². The number of hydrogen-bond donors (Lipinski definition) is 4. The fourth-order valence-electron chi connectivity index (χ4n) is 4.77. The van der Waals surface area contributed by atoms with Crippen LogP contribution in [0.25, 0.3) is 20.4 Å². The van der Waals surface area contributed by atoms with Crippen LogP contribution in [-0.4, -0.2) is 111 Å². The minimum Gasteiger partial charge on any atom is -0.379 e.